The molecule has 0 aliphatic carbocycles. The zero-order valence-electron chi connectivity index (χ0n) is 31.5. The Morgan fingerprint density at radius 2 is 2.20 bits per heavy atom. The fourth-order valence-corrected chi connectivity index (χ4v) is 3.57. The number of fused-ring (bicyclic) bond motifs is 3. The molecule has 1 saturated heterocycles. The third-order valence-electron chi connectivity index (χ3n) is 5.29. The summed E-state index contributed by atoms with van der Waals surface area (Å²) in [5.41, 5.74) is 5.64. The molecule has 2 heterocycles. The Morgan fingerprint density at radius 3 is 2.87 bits per heavy atom. The lowest BCUT2D eigenvalue weighted by atomic mass is 9.79. The average molecular weight is 433 g/mol. The van der Waals surface area contributed by atoms with Crippen molar-refractivity contribution in [3.8, 4) is 11.5 Å². The molecule has 0 saturated carbocycles. The number of hydrogen-bond acceptors (Lipinski definition) is 6. The van der Waals surface area contributed by atoms with Gasteiger partial charge in [0, 0.05) is 45.1 Å². The number of carbonyl (C=O) groups excluding carboxylic acids is 1. The Bertz CT molecular complexity index is 1270. The number of ether oxygens (including phenoxy) is 3. The second-order valence-electron chi connectivity index (χ2n) is 7.78. The van der Waals surface area contributed by atoms with Crippen LogP contribution in [-0.2, 0) is 15.9 Å². The van der Waals surface area contributed by atoms with Crippen molar-refractivity contribution >= 4 is 5.97 Å². The molecule has 168 valence electrons. The number of methoxy groups -OCH3 is 2. The van der Waals surface area contributed by atoms with Crippen molar-refractivity contribution in [2.45, 2.75) is 65.0 Å². The number of aryl methyl sites for hydroxylation is 1. The van der Waals surface area contributed by atoms with E-state index in [1.165, 1.54) is 13.2 Å². The Labute approximate surface area is 200 Å². The van der Waals surface area contributed by atoms with Crippen molar-refractivity contribution < 1.29 is 38.2 Å². The van der Waals surface area contributed by atoms with E-state index in [2.05, 4.69) is 0 Å². The zero-order valence-corrected chi connectivity index (χ0v) is 17.5. The van der Waals surface area contributed by atoms with Gasteiger partial charge in [-0.3, -0.25) is 9.69 Å². The monoisotopic (exact) mass is 432 g/mol. The van der Waals surface area contributed by atoms with E-state index >= 15 is 0 Å². The predicted molar refractivity (Wildman–Crippen MR) is 118 cm³/mol. The summed E-state index contributed by atoms with van der Waals surface area (Å²) in [5.74, 6) is -7.00. The number of piperidine rings is 1. The molecule has 2 aliphatic heterocycles. The largest absolute Gasteiger partial charge is 0.493 e. The second-order valence-corrected chi connectivity index (χ2v) is 7.78. The van der Waals surface area contributed by atoms with Crippen LogP contribution in [0.4, 0.5) is 0 Å². The second kappa shape index (κ2) is 9.56. The van der Waals surface area contributed by atoms with Gasteiger partial charge in [0.1, 0.15) is 12.1 Å². The fraction of sp³-hybridized carbons (Fsp3) is 0.708. The van der Waals surface area contributed by atoms with Crippen LogP contribution in [0.3, 0.4) is 0 Å². The van der Waals surface area contributed by atoms with Gasteiger partial charge in [0.25, 0.3) is 0 Å². The van der Waals surface area contributed by atoms with Gasteiger partial charge in [-0.2, -0.15) is 0 Å². The first-order chi connectivity index (χ1) is 19.6. The third-order valence-corrected chi connectivity index (χ3v) is 5.29. The highest BCUT2D eigenvalue weighted by molar-refractivity contribution is 5.76. The lowest BCUT2D eigenvalue weighted by Crippen LogP contribution is -2.51. The maximum atomic E-state index is 13.1. The highest BCUT2D eigenvalue weighted by Crippen LogP contribution is 2.44. The molecular weight excluding hydrogens is 380 g/mol. The first-order valence-corrected chi connectivity index (χ1v) is 9.73. The van der Waals surface area contributed by atoms with E-state index in [0.29, 0.717) is 0 Å². The van der Waals surface area contributed by atoms with Crippen molar-refractivity contribution in [2.24, 2.45) is 23.5 Å². The van der Waals surface area contributed by atoms with Crippen LogP contribution in [0.2, 0.25) is 0 Å². The molecule has 6 heteroatoms. The van der Waals surface area contributed by atoms with Crippen LogP contribution in [0.15, 0.2) is 12.1 Å². The van der Waals surface area contributed by atoms with Crippen LogP contribution in [0.25, 0.3) is 0 Å². The molecule has 0 amide bonds. The van der Waals surface area contributed by atoms with Crippen molar-refractivity contribution in [3.05, 3.63) is 23.3 Å². The molecule has 1 fully saturated rings. The average Bonchev–Trinajstić information content (AvgIpc) is 2.84. The summed E-state index contributed by atoms with van der Waals surface area (Å²) >= 11 is 0. The number of esters is 1. The van der Waals surface area contributed by atoms with Crippen LogP contribution < -0.4 is 15.2 Å². The fourth-order valence-electron chi connectivity index (χ4n) is 3.57. The summed E-state index contributed by atoms with van der Waals surface area (Å²) in [7, 11) is -1.77. The number of hydrogen-bond donors (Lipinski definition) is 1. The number of nitrogens with zero attached hydrogens (tertiary/aromatic N) is 1. The van der Waals surface area contributed by atoms with Crippen molar-refractivity contribution in [1.82, 2.24) is 4.90 Å². The van der Waals surface area contributed by atoms with Gasteiger partial charge in [-0.1, -0.05) is 27.6 Å². The lowest BCUT2D eigenvalue weighted by molar-refractivity contribution is -0.160. The number of benzene rings is 1. The summed E-state index contributed by atoms with van der Waals surface area (Å²) in [5, 5.41) is 0. The van der Waals surface area contributed by atoms with Crippen LogP contribution in [-0.4, -0.2) is 50.2 Å². The molecule has 0 bridgehead atoms. The van der Waals surface area contributed by atoms with Gasteiger partial charge >= 0.3 is 5.97 Å². The molecular formula is C24H38N2O4. The van der Waals surface area contributed by atoms with Gasteiger partial charge in [-0.25, -0.2) is 0 Å². The van der Waals surface area contributed by atoms with Gasteiger partial charge in [-0.05, 0) is 47.8 Å². The van der Waals surface area contributed by atoms with E-state index in [1.54, 1.807) is 13.8 Å². The summed E-state index contributed by atoms with van der Waals surface area (Å²) in [6.45, 7) is -3.03. The third kappa shape index (κ3) is 4.75. The molecule has 2 aliphatic rings. The maximum absolute atomic E-state index is 13.1. The quantitative estimate of drug-likeness (QED) is 0.664. The van der Waals surface area contributed by atoms with Gasteiger partial charge in [-0.15, -0.1) is 0 Å². The minimum atomic E-state index is -3.23. The molecule has 5 atom stereocenters. The molecule has 2 N–H and O–H groups in total. The highest BCUT2D eigenvalue weighted by atomic mass is 16.5. The minimum absolute atomic E-state index is 0.0177. The minimum Gasteiger partial charge on any atom is -0.493 e. The standard InChI is InChI=1S/C24H38N2O4/c1-14(2)9-17-13-26-8-7-16-10-21(28-5)22(29-6)11-18(16)19(26)12-20(17)30-24(27)23(25)15(3)4/h10-11,14-15,17,19-20,23H,7-9,12-13,25H2,1-6H3/t17?,19?,20?,23-/m0/s1/i1D3,5D3,7D2,8D2,9D2,14D,20D/t14?,17?,19?,20?,23-. The van der Waals surface area contributed by atoms with E-state index in [0.717, 1.165) is 17.9 Å². The first kappa shape index (κ1) is 10.7. The molecule has 1 aromatic rings. The van der Waals surface area contributed by atoms with Crippen molar-refractivity contribution in [1.29, 1.82) is 0 Å². The van der Waals surface area contributed by atoms with E-state index < -0.39 is 93.7 Å². The summed E-state index contributed by atoms with van der Waals surface area (Å²) in [6.07, 6.45) is -9.36. The van der Waals surface area contributed by atoms with Crippen LogP contribution in [0.1, 0.15) is 76.8 Å². The van der Waals surface area contributed by atoms with Gasteiger partial charge in [0.05, 0.1) is 19.6 Å². The summed E-state index contributed by atoms with van der Waals surface area (Å²) < 4.78 is 133. The van der Waals surface area contributed by atoms with E-state index in [9.17, 15) is 6.17 Å². The summed E-state index contributed by atoms with van der Waals surface area (Å²) in [4.78, 5) is 14.0. The Morgan fingerprint density at radius 1 is 1.43 bits per heavy atom. The highest BCUT2D eigenvalue weighted by Gasteiger charge is 2.41. The number of carbonyl (C=O) groups is 1. The Kier molecular flexibility index (Phi) is 3.41. The van der Waals surface area contributed by atoms with Gasteiger partial charge in [0.2, 0.25) is 0 Å². The van der Waals surface area contributed by atoms with Crippen LogP contribution >= 0.6 is 0 Å². The first-order valence-electron chi connectivity index (χ1n) is 16.7. The summed E-state index contributed by atoms with van der Waals surface area (Å²) in [6, 6.07) is -0.347. The van der Waals surface area contributed by atoms with Crippen LogP contribution in [0.5, 0.6) is 11.5 Å². The maximum Gasteiger partial charge on any atom is 0.323 e. The molecule has 4 unspecified atom stereocenters. The molecule has 6 nitrogen and oxygen atoms in total. The SMILES string of the molecule is [2H]C([2H])([2H])Oc1cc2c(cc1OC)C1CC([2H])(OC(=O)[C@@H](N)C(C)C)C(C([2H])([2H])C([2H])(C)C([2H])([2H])[2H])CN1C([2H])([2H])C2([2H])[2H]. The Hall–Kier alpha value is -1.79. The van der Waals surface area contributed by atoms with E-state index in [4.69, 9.17) is 37.8 Å². The molecule has 3 rings (SSSR count). The zero-order chi connectivity index (χ0) is 34.2. The number of nitrogens with two attached hydrogens (primary N) is 1. The van der Waals surface area contributed by atoms with Crippen LogP contribution in [0, 0.1) is 17.7 Å². The van der Waals surface area contributed by atoms with E-state index in [-0.39, 0.29) is 16.9 Å². The van der Waals surface area contributed by atoms with E-state index in [1.807, 2.05) is 0 Å². The number of rotatable bonds is 7. The lowest BCUT2D eigenvalue weighted by Gasteiger charge is -2.47. The molecule has 0 spiro atoms. The molecule has 1 aromatic carbocycles. The normalized spacial score (nSPS) is 40.9. The Balaban J connectivity index is 2.31. The van der Waals surface area contributed by atoms with Gasteiger partial charge < -0.3 is 19.9 Å². The predicted octanol–water partition coefficient (Wildman–Crippen LogP) is 3.56. The molecule has 0 radical (unpaired) electrons. The smallest absolute Gasteiger partial charge is 0.323 e. The molecule has 30 heavy (non-hydrogen) atoms. The van der Waals surface area contributed by atoms with Crippen molar-refractivity contribution in [3.63, 3.8) is 0 Å². The topological polar surface area (TPSA) is 74.0 Å². The molecule has 0 aromatic heterocycles. The van der Waals surface area contributed by atoms with Gasteiger partial charge in [0.15, 0.2) is 11.5 Å². The van der Waals surface area contributed by atoms with Crippen molar-refractivity contribution in [2.75, 3.05) is 27.2 Å².